The van der Waals surface area contributed by atoms with Crippen LogP contribution < -0.4 is 0 Å². The number of rotatable bonds is 1. The number of phenolic OH excluding ortho intramolecular Hbond substituents is 1. The predicted octanol–water partition coefficient (Wildman–Crippen LogP) is 5.99. The predicted molar refractivity (Wildman–Crippen MR) is 102 cm³/mol. The maximum absolute atomic E-state index is 13.7. The van der Waals surface area contributed by atoms with Crippen LogP contribution in [0.3, 0.4) is 0 Å². The third-order valence-corrected chi connectivity index (χ3v) is 5.56. The Balaban J connectivity index is 1.89. The summed E-state index contributed by atoms with van der Waals surface area (Å²) in [5, 5.41) is 11.7. The highest BCUT2D eigenvalue weighted by Crippen LogP contribution is 2.43. The lowest BCUT2D eigenvalue weighted by atomic mass is 9.84. The Morgan fingerprint density at radius 1 is 0.964 bits per heavy atom. The van der Waals surface area contributed by atoms with Crippen molar-refractivity contribution in [2.24, 2.45) is 0 Å². The third-order valence-electron chi connectivity index (χ3n) is 5.56. The first kappa shape index (κ1) is 17.1. The number of pyridine rings is 1. The number of aromatic nitrogens is 2. The molecular formula is C22H17F3N2O. The smallest absolute Gasteiger partial charge is 0.417 e. The van der Waals surface area contributed by atoms with E-state index in [2.05, 4.69) is 4.98 Å². The first-order chi connectivity index (χ1) is 13.4. The monoisotopic (exact) mass is 382 g/mol. The number of hydrogen-bond acceptors (Lipinski definition) is 2. The summed E-state index contributed by atoms with van der Waals surface area (Å²) in [5.41, 5.74) is 3.24. The Morgan fingerprint density at radius 2 is 1.75 bits per heavy atom. The van der Waals surface area contributed by atoms with Crippen molar-refractivity contribution < 1.29 is 18.3 Å². The van der Waals surface area contributed by atoms with Crippen LogP contribution in [0, 0.1) is 0 Å². The number of aryl methyl sites for hydroxylation is 1. The Hall–Kier alpha value is -3.02. The van der Waals surface area contributed by atoms with E-state index in [0.29, 0.717) is 17.6 Å². The van der Waals surface area contributed by atoms with Gasteiger partial charge in [0.2, 0.25) is 0 Å². The number of alkyl halides is 3. The van der Waals surface area contributed by atoms with Gasteiger partial charge in [-0.05, 0) is 73.2 Å². The summed E-state index contributed by atoms with van der Waals surface area (Å²) in [6, 6.07) is 9.17. The van der Waals surface area contributed by atoms with Crippen LogP contribution in [0.5, 0.6) is 5.75 Å². The fourth-order valence-electron chi connectivity index (χ4n) is 4.36. The van der Waals surface area contributed by atoms with E-state index in [-0.39, 0.29) is 5.56 Å². The topological polar surface area (TPSA) is 48.9 Å². The SMILES string of the molecule is Oc1ccc(-c2nc3ccc4[nH]ccc4c3c3c2CCCC3)c(C(F)(F)F)c1. The molecule has 0 radical (unpaired) electrons. The molecule has 142 valence electrons. The number of nitrogens with zero attached hydrogens (tertiary/aromatic N) is 1. The molecule has 0 amide bonds. The molecule has 28 heavy (non-hydrogen) atoms. The molecule has 3 nitrogen and oxygen atoms in total. The van der Waals surface area contributed by atoms with Gasteiger partial charge >= 0.3 is 6.18 Å². The Kier molecular flexibility index (Phi) is 3.66. The molecule has 1 aliphatic carbocycles. The van der Waals surface area contributed by atoms with E-state index in [1.807, 2.05) is 24.4 Å². The first-order valence-electron chi connectivity index (χ1n) is 9.25. The van der Waals surface area contributed by atoms with E-state index < -0.39 is 17.5 Å². The number of nitrogens with one attached hydrogen (secondary N) is 1. The zero-order chi connectivity index (χ0) is 19.5. The van der Waals surface area contributed by atoms with Crippen molar-refractivity contribution in [1.29, 1.82) is 0 Å². The molecule has 2 heterocycles. The van der Waals surface area contributed by atoms with Gasteiger partial charge in [0.1, 0.15) is 5.75 Å². The molecular weight excluding hydrogens is 365 g/mol. The van der Waals surface area contributed by atoms with Gasteiger partial charge in [-0.3, -0.25) is 0 Å². The summed E-state index contributed by atoms with van der Waals surface area (Å²) < 4.78 is 41.1. The highest BCUT2D eigenvalue weighted by Gasteiger charge is 2.35. The molecule has 5 rings (SSSR count). The summed E-state index contributed by atoms with van der Waals surface area (Å²) in [6.45, 7) is 0. The molecule has 6 heteroatoms. The lowest BCUT2D eigenvalue weighted by Crippen LogP contribution is -2.12. The molecule has 2 aromatic carbocycles. The van der Waals surface area contributed by atoms with Gasteiger partial charge in [-0.2, -0.15) is 13.2 Å². The summed E-state index contributed by atoms with van der Waals surface area (Å²) >= 11 is 0. The van der Waals surface area contributed by atoms with Gasteiger partial charge in [0.15, 0.2) is 0 Å². The molecule has 0 fully saturated rings. The quantitative estimate of drug-likeness (QED) is 0.425. The Bertz CT molecular complexity index is 1220. The largest absolute Gasteiger partial charge is 0.508 e. The lowest BCUT2D eigenvalue weighted by molar-refractivity contribution is -0.137. The zero-order valence-electron chi connectivity index (χ0n) is 14.9. The van der Waals surface area contributed by atoms with Crippen molar-refractivity contribution >= 4 is 21.8 Å². The second-order valence-corrected chi connectivity index (χ2v) is 7.25. The van der Waals surface area contributed by atoms with Crippen LogP contribution in [0.2, 0.25) is 0 Å². The molecule has 0 bridgehead atoms. The van der Waals surface area contributed by atoms with Crippen molar-refractivity contribution in [1.82, 2.24) is 9.97 Å². The van der Waals surface area contributed by atoms with E-state index in [4.69, 9.17) is 4.98 Å². The minimum atomic E-state index is -4.57. The number of aromatic amines is 1. The van der Waals surface area contributed by atoms with Gasteiger partial charge < -0.3 is 10.1 Å². The molecule has 0 saturated heterocycles. The molecule has 2 aromatic heterocycles. The molecule has 0 atom stereocenters. The first-order valence-corrected chi connectivity index (χ1v) is 9.25. The normalized spacial score (nSPS) is 14.5. The second kappa shape index (κ2) is 5.99. The van der Waals surface area contributed by atoms with Crippen molar-refractivity contribution in [3.05, 3.63) is 59.3 Å². The second-order valence-electron chi connectivity index (χ2n) is 7.25. The minimum absolute atomic E-state index is 0.0273. The van der Waals surface area contributed by atoms with Crippen LogP contribution in [0.1, 0.15) is 29.5 Å². The van der Waals surface area contributed by atoms with E-state index >= 15 is 0 Å². The van der Waals surface area contributed by atoms with E-state index in [9.17, 15) is 18.3 Å². The standard InChI is InChI=1S/C22H17F3N2O/c23-22(24,25)17-11-12(28)5-6-15(17)21-14-4-2-1-3-13(14)20-16-9-10-26-18(16)7-8-19(20)27-21/h5-11,26,28H,1-4H2. The van der Waals surface area contributed by atoms with Gasteiger partial charge in [-0.25, -0.2) is 4.98 Å². The molecule has 4 aromatic rings. The van der Waals surface area contributed by atoms with Gasteiger partial charge in [-0.15, -0.1) is 0 Å². The van der Waals surface area contributed by atoms with Gasteiger partial charge in [0, 0.05) is 28.0 Å². The van der Waals surface area contributed by atoms with Crippen molar-refractivity contribution in [3.63, 3.8) is 0 Å². The molecule has 0 unspecified atom stereocenters. The van der Waals surface area contributed by atoms with Crippen LogP contribution in [0.4, 0.5) is 13.2 Å². The van der Waals surface area contributed by atoms with Crippen LogP contribution in [0.15, 0.2) is 42.6 Å². The summed E-state index contributed by atoms with van der Waals surface area (Å²) in [6.07, 6.45) is 0.757. The number of fused-ring (bicyclic) bond motifs is 5. The fourth-order valence-corrected chi connectivity index (χ4v) is 4.36. The maximum Gasteiger partial charge on any atom is 0.417 e. The van der Waals surface area contributed by atoms with Gasteiger partial charge in [0.25, 0.3) is 0 Å². The molecule has 1 aliphatic rings. The number of H-pyrrole nitrogens is 1. The van der Waals surface area contributed by atoms with Crippen molar-refractivity contribution in [2.75, 3.05) is 0 Å². The Morgan fingerprint density at radius 3 is 2.54 bits per heavy atom. The Labute approximate surface area is 158 Å². The number of phenols is 1. The lowest BCUT2D eigenvalue weighted by Gasteiger charge is -2.23. The van der Waals surface area contributed by atoms with E-state index in [1.165, 1.54) is 12.1 Å². The number of halogens is 3. The summed E-state index contributed by atoms with van der Waals surface area (Å²) in [4.78, 5) is 7.89. The van der Waals surface area contributed by atoms with Crippen LogP contribution in [-0.2, 0) is 19.0 Å². The van der Waals surface area contributed by atoms with Gasteiger partial charge in [-0.1, -0.05) is 0 Å². The molecule has 0 saturated carbocycles. The highest BCUT2D eigenvalue weighted by atomic mass is 19.4. The van der Waals surface area contributed by atoms with Crippen LogP contribution in [-0.4, -0.2) is 15.1 Å². The number of benzene rings is 2. The van der Waals surface area contributed by atoms with Crippen LogP contribution >= 0.6 is 0 Å². The zero-order valence-corrected chi connectivity index (χ0v) is 14.9. The van der Waals surface area contributed by atoms with Crippen LogP contribution in [0.25, 0.3) is 33.1 Å². The minimum Gasteiger partial charge on any atom is -0.508 e. The average molecular weight is 382 g/mol. The van der Waals surface area contributed by atoms with E-state index in [1.54, 1.807) is 0 Å². The summed E-state index contributed by atoms with van der Waals surface area (Å²) in [7, 11) is 0. The molecule has 2 N–H and O–H groups in total. The van der Waals surface area contributed by atoms with E-state index in [0.717, 1.165) is 52.7 Å². The number of hydrogen-bond donors (Lipinski definition) is 2. The number of aromatic hydroxyl groups is 1. The third kappa shape index (κ3) is 2.55. The molecule has 0 aliphatic heterocycles. The maximum atomic E-state index is 13.7. The van der Waals surface area contributed by atoms with Crippen molar-refractivity contribution in [3.8, 4) is 17.0 Å². The fraction of sp³-hybridized carbons (Fsp3) is 0.227. The van der Waals surface area contributed by atoms with Crippen molar-refractivity contribution in [2.45, 2.75) is 31.9 Å². The van der Waals surface area contributed by atoms with Gasteiger partial charge in [0.05, 0.1) is 16.8 Å². The molecule has 0 spiro atoms. The average Bonchev–Trinajstić information content (AvgIpc) is 3.15. The highest BCUT2D eigenvalue weighted by molar-refractivity contribution is 6.08. The summed E-state index contributed by atoms with van der Waals surface area (Å²) in [5.74, 6) is -0.403.